The molecule has 2 rings (SSSR count). The highest BCUT2D eigenvalue weighted by molar-refractivity contribution is 14.1. The predicted molar refractivity (Wildman–Crippen MR) is 81.1 cm³/mol. The van der Waals surface area contributed by atoms with Crippen LogP contribution in [-0.2, 0) is 0 Å². The van der Waals surface area contributed by atoms with Gasteiger partial charge in [-0.3, -0.25) is 4.79 Å². The second-order valence-electron chi connectivity index (χ2n) is 3.55. The predicted octanol–water partition coefficient (Wildman–Crippen LogP) is 3.87. The van der Waals surface area contributed by atoms with Gasteiger partial charge in [0.05, 0.1) is 0 Å². The molecule has 0 aromatic heterocycles. The van der Waals surface area contributed by atoms with Crippen molar-refractivity contribution in [1.29, 1.82) is 0 Å². The first kappa shape index (κ1) is 12.6. The molecule has 4 heteroatoms. The van der Waals surface area contributed by atoms with Crippen LogP contribution in [0.25, 0.3) is 0 Å². The Bertz CT molecular complexity index is 583. The summed E-state index contributed by atoms with van der Waals surface area (Å²) in [7, 11) is 0. The van der Waals surface area contributed by atoms with Crippen molar-refractivity contribution < 1.29 is 4.79 Å². The molecule has 0 bridgehead atoms. The molecule has 0 saturated carbocycles. The zero-order valence-electron chi connectivity index (χ0n) is 8.78. The van der Waals surface area contributed by atoms with Gasteiger partial charge in [0, 0.05) is 24.9 Å². The Morgan fingerprint density at radius 3 is 2.47 bits per heavy atom. The van der Waals surface area contributed by atoms with Crippen molar-refractivity contribution in [2.45, 2.75) is 0 Å². The van der Waals surface area contributed by atoms with Crippen LogP contribution < -0.4 is 5.73 Å². The normalized spacial score (nSPS) is 10.2. The summed E-state index contributed by atoms with van der Waals surface area (Å²) >= 11 is 5.53. The lowest BCUT2D eigenvalue weighted by Crippen LogP contribution is -2.04. The molecular weight excluding hydrogens is 393 g/mol. The fourth-order valence-corrected chi connectivity index (χ4v) is 2.71. The van der Waals surface area contributed by atoms with E-state index in [-0.39, 0.29) is 5.78 Å². The van der Waals surface area contributed by atoms with Crippen LogP contribution in [0.5, 0.6) is 0 Å². The van der Waals surface area contributed by atoms with E-state index in [0.717, 1.165) is 8.04 Å². The monoisotopic (exact) mass is 401 g/mol. The van der Waals surface area contributed by atoms with Gasteiger partial charge in [-0.15, -0.1) is 0 Å². The molecule has 0 amide bonds. The molecule has 2 aromatic rings. The molecule has 0 aliphatic carbocycles. The maximum absolute atomic E-state index is 12.3. The highest BCUT2D eigenvalue weighted by atomic mass is 127. The Morgan fingerprint density at radius 2 is 1.82 bits per heavy atom. The van der Waals surface area contributed by atoms with Crippen molar-refractivity contribution in [1.82, 2.24) is 0 Å². The van der Waals surface area contributed by atoms with Crippen molar-refractivity contribution >= 4 is 50.0 Å². The average Bonchev–Trinajstić information content (AvgIpc) is 2.29. The van der Waals surface area contributed by atoms with E-state index in [4.69, 9.17) is 5.73 Å². The van der Waals surface area contributed by atoms with Crippen LogP contribution in [0.1, 0.15) is 15.9 Å². The summed E-state index contributed by atoms with van der Waals surface area (Å²) in [5.74, 6) is 0.00174. The standard InChI is InChI=1S/C13H9BrINO/c14-11-7-8(16)5-6-9(11)13(17)10-3-1-2-4-12(10)15/h1-7H,16H2. The molecule has 2 aromatic carbocycles. The number of halogens is 2. The number of ketones is 1. The third kappa shape index (κ3) is 2.69. The SMILES string of the molecule is Nc1ccc(C(=O)c2ccccc2I)c(Br)c1. The Hall–Kier alpha value is -0.880. The zero-order chi connectivity index (χ0) is 12.4. The van der Waals surface area contributed by atoms with Crippen LogP contribution in [0.2, 0.25) is 0 Å². The fraction of sp³-hybridized carbons (Fsp3) is 0. The third-order valence-corrected chi connectivity index (χ3v) is 3.95. The number of benzene rings is 2. The number of carbonyl (C=O) groups is 1. The summed E-state index contributed by atoms with van der Waals surface area (Å²) in [5, 5.41) is 0. The minimum atomic E-state index is 0.00174. The summed E-state index contributed by atoms with van der Waals surface area (Å²) in [6.45, 7) is 0. The van der Waals surface area contributed by atoms with Gasteiger partial charge < -0.3 is 5.73 Å². The molecule has 0 unspecified atom stereocenters. The Labute approximate surface area is 121 Å². The van der Waals surface area contributed by atoms with E-state index in [1.165, 1.54) is 0 Å². The molecule has 0 aliphatic heterocycles. The maximum atomic E-state index is 12.3. The molecular formula is C13H9BrINO. The fourth-order valence-electron chi connectivity index (χ4n) is 1.51. The second kappa shape index (κ2) is 5.18. The zero-order valence-corrected chi connectivity index (χ0v) is 12.5. The van der Waals surface area contributed by atoms with Gasteiger partial charge in [0.15, 0.2) is 5.78 Å². The summed E-state index contributed by atoms with van der Waals surface area (Å²) < 4.78 is 1.67. The first-order chi connectivity index (χ1) is 8.09. The lowest BCUT2D eigenvalue weighted by Gasteiger charge is -2.06. The molecule has 86 valence electrons. The second-order valence-corrected chi connectivity index (χ2v) is 5.56. The average molecular weight is 402 g/mol. The third-order valence-electron chi connectivity index (χ3n) is 2.36. The highest BCUT2D eigenvalue weighted by Gasteiger charge is 2.14. The number of nitrogen functional groups attached to an aromatic ring is 1. The molecule has 0 fully saturated rings. The van der Waals surface area contributed by atoms with Crippen LogP contribution in [0, 0.1) is 3.57 Å². The van der Waals surface area contributed by atoms with E-state index >= 15 is 0 Å². The summed E-state index contributed by atoms with van der Waals surface area (Å²) in [6.07, 6.45) is 0. The molecule has 0 atom stereocenters. The van der Waals surface area contributed by atoms with Crippen molar-refractivity contribution in [2.24, 2.45) is 0 Å². The van der Waals surface area contributed by atoms with E-state index in [1.54, 1.807) is 18.2 Å². The lowest BCUT2D eigenvalue weighted by molar-refractivity contribution is 0.103. The molecule has 17 heavy (non-hydrogen) atoms. The molecule has 0 spiro atoms. The largest absolute Gasteiger partial charge is 0.399 e. The van der Waals surface area contributed by atoms with Crippen molar-refractivity contribution in [3.63, 3.8) is 0 Å². The smallest absolute Gasteiger partial charge is 0.195 e. The van der Waals surface area contributed by atoms with Gasteiger partial charge in [-0.1, -0.05) is 12.1 Å². The quantitative estimate of drug-likeness (QED) is 0.471. The number of carbonyl (C=O) groups excluding carboxylic acids is 1. The van der Waals surface area contributed by atoms with E-state index in [9.17, 15) is 4.79 Å². The van der Waals surface area contributed by atoms with Crippen LogP contribution >= 0.6 is 38.5 Å². The molecule has 0 aliphatic rings. The maximum Gasteiger partial charge on any atom is 0.195 e. The number of hydrogen-bond acceptors (Lipinski definition) is 2. The van der Waals surface area contributed by atoms with Crippen LogP contribution in [0.3, 0.4) is 0 Å². The van der Waals surface area contributed by atoms with Crippen molar-refractivity contribution in [3.8, 4) is 0 Å². The topological polar surface area (TPSA) is 43.1 Å². The molecule has 0 heterocycles. The highest BCUT2D eigenvalue weighted by Crippen LogP contribution is 2.24. The first-order valence-corrected chi connectivity index (χ1v) is 6.81. The molecule has 2 nitrogen and oxygen atoms in total. The van der Waals surface area contributed by atoms with E-state index in [1.807, 2.05) is 24.3 Å². The van der Waals surface area contributed by atoms with Crippen LogP contribution in [-0.4, -0.2) is 5.78 Å². The number of rotatable bonds is 2. The number of nitrogens with two attached hydrogens (primary N) is 1. The lowest BCUT2D eigenvalue weighted by atomic mass is 10.0. The van der Waals surface area contributed by atoms with E-state index < -0.39 is 0 Å². The number of anilines is 1. The summed E-state index contributed by atoms with van der Waals surface area (Å²) in [4.78, 5) is 12.3. The summed E-state index contributed by atoms with van der Waals surface area (Å²) in [6, 6.07) is 12.7. The molecule has 0 radical (unpaired) electrons. The van der Waals surface area contributed by atoms with Gasteiger partial charge in [0.2, 0.25) is 0 Å². The van der Waals surface area contributed by atoms with Crippen LogP contribution in [0.15, 0.2) is 46.9 Å². The van der Waals surface area contributed by atoms with Gasteiger partial charge in [-0.2, -0.15) is 0 Å². The van der Waals surface area contributed by atoms with Crippen molar-refractivity contribution in [2.75, 3.05) is 5.73 Å². The molecule has 0 saturated heterocycles. The first-order valence-electron chi connectivity index (χ1n) is 4.94. The van der Waals surface area contributed by atoms with Gasteiger partial charge >= 0.3 is 0 Å². The van der Waals surface area contributed by atoms with E-state index in [0.29, 0.717) is 16.8 Å². The van der Waals surface area contributed by atoms with Gasteiger partial charge in [-0.25, -0.2) is 0 Å². The minimum absolute atomic E-state index is 0.00174. The Kier molecular flexibility index (Phi) is 3.83. The van der Waals surface area contributed by atoms with E-state index in [2.05, 4.69) is 38.5 Å². The van der Waals surface area contributed by atoms with Gasteiger partial charge in [0.1, 0.15) is 0 Å². The van der Waals surface area contributed by atoms with Gasteiger partial charge in [0.25, 0.3) is 0 Å². The Balaban J connectivity index is 2.48. The van der Waals surface area contributed by atoms with Gasteiger partial charge in [-0.05, 0) is 68.9 Å². The van der Waals surface area contributed by atoms with Crippen LogP contribution in [0.4, 0.5) is 5.69 Å². The minimum Gasteiger partial charge on any atom is -0.399 e. The Morgan fingerprint density at radius 1 is 1.12 bits per heavy atom. The summed E-state index contributed by atoms with van der Waals surface area (Å²) in [5.41, 5.74) is 7.62. The van der Waals surface area contributed by atoms with Crippen molar-refractivity contribution in [3.05, 3.63) is 61.6 Å². The molecule has 2 N–H and O–H groups in total. The number of hydrogen-bond donors (Lipinski definition) is 1.